The number of halogens is 2. The second kappa shape index (κ2) is 8.26. The third kappa shape index (κ3) is 4.89. The highest BCUT2D eigenvalue weighted by molar-refractivity contribution is 7.10. The van der Waals surface area contributed by atoms with Crippen molar-refractivity contribution in [2.24, 2.45) is 0 Å². The minimum Gasteiger partial charge on any atom is -0.434 e. The number of thiazole rings is 1. The van der Waals surface area contributed by atoms with E-state index in [4.69, 9.17) is 0 Å². The molecule has 27 heavy (non-hydrogen) atoms. The number of alkyl halides is 2. The summed E-state index contributed by atoms with van der Waals surface area (Å²) in [5.41, 5.74) is 3.62. The Morgan fingerprint density at radius 1 is 1.22 bits per heavy atom. The zero-order valence-electron chi connectivity index (χ0n) is 14.8. The molecule has 1 heterocycles. The summed E-state index contributed by atoms with van der Waals surface area (Å²) in [5, 5.41) is 5.20. The number of carbonyl (C=O) groups is 1. The Hall–Kier alpha value is -2.80. The number of aryl methyl sites for hydroxylation is 2. The van der Waals surface area contributed by atoms with Gasteiger partial charge in [-0.3, -0.25) is 4.79 Å². The van der Waals surface area contributed by atoms with Crippen molar-refractivity contribution in [3.05, 3.63) is 64.0 Å². The molecule has 0 bridgehead atoms. The monoisotopic (exact) mass is 388 g/mol. The fourth-order valence-corrected chi connectivity index (χ4v) is 3.40. The number of para-hydroxylation sites is 1. The number of anilines is 1. The number of nitrogens with zero attached hydrogens (tertiary/aromatic N) is 1. The maximum atomic E-state index is 12.6. The number of nitrogens with one attached hydrogen (secondary N) is 1. The van der Waals surface area contributed by atoms with E-state index in [2.05, 4.69) is 15.0 Å². The molecule has 0 spiro atoms. The first-order valence-corrected chi connectivity index (χ1v) is 9.16. The molecule has 0 atom stereocenters. The summed E-state index contributed by atoms with van der Waals surface area (Å²) in [6.07, 6.45) is 0.107. The van der Waals surface area contributed by atoms with Crippen LogP contribution >= 0.6 is 11.3 Å². The molecule has 0 aliphatic carbocycles. The van der Waals surface area contributed by atoms with E-state index in [1.165, 1.54) is 17.4 Å². The van der Waals surface area contributed by atoms with Crippen molar-refractivity contribution >= 4 is 22.9 Å². The summed E-state index contributed by atoms with van der Waals surface area (Å²) in [7, 11) is 0. The van der Waals surface area contributed by atoms with Crippen molar-refractivity contribution in [1.29, 1.82) is 0 Å². The zero-order chi connectivity index (χ0) is 19.4. The van der Waals surface area contributed by atoms with Crippen molar-refractivity contribution in [3.8, 4) is 17.0 Å². The normalized spacial score (nSPS) is 10.9. The number of hydrogen-bond donors (Lipinski definition) is 1. The van der Waals surface area contributed by atoms with Gasteiger partial charge >= 0.3 is 6.61 Å². The summed E-state index contributed by atoms with van der Waals surface area (Å²) < 4.78 is 29.9. The second-order valence-electron chi connectivity index (χ2n) is 6.04. The van der Waals surface area contributed by atoms with Crippen LogP contribution in [0.3, 0.4) is 0 Å². The molecule has 0 saturated heterocycles. The molecule has 0 saturated carbocycles. The first-order chi connectivity index (χ1) is 12.9. The minimum absolute atomic E-state index is 0.0665. The van der Waals surface area contributed by atoms with Gasteiger partial charge in [0, 0.05) is 16.6 Å². The van der Waals surface area contributed by atoms with Gasteiger partial charge in [0.1, 0.15) is 10.8 Å². The predicted molar refractivity (Wildman–Crippen MR) is 102 cm³/mol. The van der Waals surface area contributed by atoms with Gasteiger partial charge in [0.2, 0.25) is 5.91 Å². The average molecular weight is 388 g/mol. The van der Waals surface area contributed by atoms with Gasteiger partial charge in [-0.05, 0) is 37.6 Å². The van der Waals surface area contributed by atoms with E-state index < -0.39 is 6.61 Å². The Bertz CT molecular complexity index is 957. The lowest BCUT2D eigenvalue weighted by atomic mass is 10.1. The molecule has 0 aliphatic rings. The number of carbonyl (C=O) groups excluding carboxylic acids is 1. The van der Waals surface area contributed by atoms with Crippen LogP contribution in [0.2, 0.25) is 0 Å². The molecule has 0 aliphatic heterocycles. The van der Waals surface area contributed by atoms with Gasteiger partial charge in [-0.2, -0.15) is 8.78 Å². The molecular weight excluding hydrogens is 370 g/mol. The number of benzene rings is 2. The van der Waals surface area contributed by atoms with E-state index in [1.54, 1.807) is 17.5 Å². The Kier molecular flexibility index (Phi) is 5.81. The van der Waals surface area contributed by atoms with Crippen molar-refractivity contribution < 1.29 is 18.3 Å². The largest absolute Gasteiger partial charge is 0.434 e. The van der Waals surface area contributed by atoms with Gasteiger partial charge in [-0.15, -0.1) is 11.3 Å². The second-order valence-corrected chi connectivity index (χ2v) is 6.99. The van der Waals surface area contributed by atoms with Crippen LogP contribution in [0.15, 0.2) is 47.8 Å². The van der Waals surface area contributed by atoms with Crippen LogP contribution in [-0.4, -0.2) is 17.5 Å². The van der Waals surface area contributed by atoms with E-state index >= 15 is 0 Å². The molecule has 2 aromatic carbocycles. The van der Waals surface area contributed by atoms with Gasteiger partial charge in [-0.1, -0.05) is 29.8 Å². The third-order valence-electron chi connectivity index (χ3n) is 3.91. The molecule has 0 radical (unpaired) electrons. The van der Waals surface area contributed by atoms with E-state index in [-0.39, 0.29) is 18.1 Å². The molecular formula is C20H18F2N2O2S. The molecule has 3 rings (SSSR count). The van der Waals surface area contributed by atoms with Crippen molar-refractivity contribution in [2.75, 3.05) is 5.32 Å². The van der Waals surface area contributed by atoms with E-state index in [0.717, 1.165) is 16.8 Å². The number of aromatic nitrogens is 1. The van der Waals surface area contributed by atoms with Crippen LogP contribution in [0.1, 0.15) is 16.1 Å². The number of amides is 1. The SMILES string of the molecule is Cc1ccc(OC(F)F)c(-c2csc(CC(=O)Nc3ccccc3C)n2)c1. The summed E-state index contributed by atoms with van der Waals surface area (Å²) in [6, 6.07) is 12.4. The highest BCUT2D eigenvalue weighted by Crippen LogP contribution is 2.33. The molecule has 0 fully saturated rings. The molecule has 4 nitrogen and oxygen atoms in total. The Balaban J connectivity index is 1.76. The predicted octanol–water partition coefficient (Wildman–Crippen LogP) is 5.21. The molecule has 7 heteroatoms. The molecule has 1 N–H and O–H groups in total. The first kappa shape index (κ1) is 19.0. The Morgan fingerprint density at radius 2 is 2.00 bits per heavy atom. The molecule has 3 aromatic rings. The lowest BCUT2D eigenvalue weighted by Crippen LogP contribution is -2.15. The maximum absolute atomic E-state index is 12.6. The number of hydrogen-bond acceptors (Lipinski definition) is 4. The Labute approximate surface area is 159 Å². The zero-order valence-corrected chi connectivity index (χ0v) is 15.6. The van der Waals surface area contributed by atoms with Gasteiger partial charge in [0.05, 0.1) is 12.1 Å². The van der Waals surface area contributed by atoms with Crippen LogP contribution < -0.4 is 10.1 Å². The molecule has 0 unspecified atom stereocenters. The standard InChI is InChI=1S/C20H18F2N2O2S/c1-12-7-8-17(26-20(21)22)14(9-12)16-11-27-19(24-16)10-18(25)23-15-6-4-3-5-13(15)2/h3-9,11,20H,10H2,1-2H3,(H,23,25). The summed E-state index contributed by atoms with van der Waals surface area (Å²) in [4.78, 5) is 16.7. The lowest BCUT2D eigenvalue weighted by molar-refractivity contribution is -0.115. The van der Waals surface area contributed by atoms with Gasteiger partial charge in [0.25, 0.3) is 0 Å². The summed E-state index contributed by atoms with van der Waals surface area (Å²) >= 11 is 1.31. The van der Waals surface area contributed by atoms with Crippen LogP contribution in [0.25, 0.3) is 11.3 Å². The van der Waals surface area contributed by atoms with E-state index in [1.807, 2.05) is 38.1 Å². The highest BCUT2D eigenvalue weighted by atomic mass is 32.1. The third-order valence-corrected chi connectivity index (χ3v) is 4.76. The quantitative estimate of drug-likeness (QED) is 0.631. The minimum atomic E-state index is -2.91. The molecule has 1 aromatic heterocycles. The lowest BCUT2D eigenvalue weighted by Gasteiger charge is -2.10. The van der Waals surface area contributed by atoms with Crippen molar-refractivity contribution in [2.45, 2.75) is 26.9 Å². The highest BCUT2D eigenvalue weighted by Gasteiger charge is 2.15. The van der Waals surface area contributed by atoms with Crippen LogP contribution in [-0.2, 0) is 11.2 Å². The smallest absolute Gasteiger partial charge is 0.387 e. The van der Waals surface area contributed by atoms with E-state index in [9.17, 15) is 13.6 Å². The number of rotatable bonds is 6. The number of ether oxygens (including phenoxy) is 1. The molecule has 140 valence electrons. The summed E-state index contributed by atoms with van der Waals surface area (Å²) in [6.45, 7) is 0.863. The van der Waals surface area contributed by atoms with Gasteiger partial charge < -0.3 is 10.1 Å². The topological polar surface area (TPSA) is 51.2 Å². The maximum Gasteiger partial charge on any atom is 0.387 e. The fourth-order valence-electron chi connectivity index (χ4n) is 2.60. The summed E-state index contributed by atoms with van der Waals surface area (Å²) in [5.74, 6) is -0.115. The molecule has 1 amide bonds. The van der Waals surface area contributed by atoms with E-state index in [0.29, 0.717) is 16.3 Å². The van der Waals surface area contributed by atoms with Gasteiger partial charge in [0.15, 0.2) is 0 Å². The van der Waals surface area contributed by atoms with Crippen molar-refractivity contribution in [3.63, 3.8) is 0 Å². The fraction of sp³-hybridized carbons (Fsp3) is 0.200. The first-order valence-electron chi connectivity index (χ1n) is 8.28. The van der Waals surface area contributed by atoms with Crippen molar-refractivity contribution in [1.82, 2.24) is 4.98 Å². The Morgan fingerprint density at radius 3 is 2.74 bits per heavy atom. The van der Waals surface area contributed by atoms with Crippen LogP contribution in [0.5, 0.6) is 5.75 Å². The average Bonchev–Trinajstić information content (AvgIpc) is 3.06. The van der Waals surface area contributed by atoms with Gasteiger partial charge in [-0.25, -0.2) is 4.98 Å². The van der Waals surface area contributed by atoms with Crippen LogP contribution in [0.4, 0.5) is 14.5 Å². The van der Waals surface area contributed by atoms with Crippen LogP contribution in [0, 0.1) is 13.8 Å².